The molecule has 2 aromatic rings. The molecular formula is C17H16F4N2O6. The predicted molar refractivity (Wildman–Crippen MR) is 91.1 cm³/mol. The lowest BCUT2D eigenvalue weighted by Gasteiger charge is -2.15. The first-order valence-electron chi connectivity index (χ1n) is 7.77. The van der Waals surface area contributed by atoms with Gasteiger partial charge in [0, 0.05) is 12.6 Å². The van der Waals surface area contributed by atoms with Gasteiger partial charge in [0.25, 0.3) is 0 Å². The minimum absolute atomic E-state index is 0.0822. The van der Waals surface area contributed by atoms with E-state index in [9.17, 15) is 22.7 Å². The smallest absolute Gasteiger partial charge is 0.414 e. The number of aliphatic carboxylic acids is 2. The summed E-state index contributed by atoms with van der Waals surface area (Å²) in [6.07, 6.45) is -1.02. The van der Waals surface area contributed by atoms with Crippen molar-refractivity contribution in [1.82, 2.24) is 5.43 Å². The first-order chi connectivity index (χ1) is 13.6. The number of hydrogen-bond acceptors (Lipinski definition) is 6. The molecule has 2 rings (SSSR count). The van der Waals surface area contributed by atoms with Crippen LogP contribution in [0.2, 0.25) is 0 Å². The molecule has 1 atom stereocenters. The Bertz CT molecular complexity index is 800. The van der Waals surface area contributed by atoms with Gasteiger partial charge in [0.2, 0.25) is 0 Å². The summed E-state index contributed by atoms with van der Waals surface area (Å²) in [6, 6.07) is 8.81. The maximum Gasteiger partial charge on any atom is 0.414 e. The van der Waals surface area contributed by atoms with E-state index >= 15 is 0 Å². The van der Waals surface area contributed by atoms with E-state index in [0.29, 0.717) is 5.75 Å². The van der Waals surface area contributed by atoms with Gasteiger partial charge in [-0.2, -0.15) is 0 Å². The summed E-state index contributed by atoms with van der Waals surface area (Å²) in [5, 5.41) is 24.5. The summed E-state index contributed by atoms with van der Waals surface area (Å²) in [5.41, 5.74) is 3.28. The highest BCUT2D eigenvalue weighted by atomic mass is 19.2. The van der Waals surface area contributed by atoms with Crippen LogP contribution in [0.4, 0.5) is 23.2 Å². The highest BCUT2D eigenvalue weighted by Gasteiger charge is 2.19. The molecule has 2 aromatic carbocycles. The molecule has 0 radical (unpaired) electrons. The summed E-state index contributed by atoms with van der Waals surface area (Å²) in [5.74, 6) is -9.28. The molecule has 1 unspecified atom stereocenters. The van der Waals surface area contributed by atoms with Crippen molar-refractivity contribution in [2.24, 2.45) is 0 Å². The number of rotatable bonds is 7. The fraction of sp³-hybridized carbons (Fsp3) is 0.176. The van der Waals surface area contributed by atoms with Gasteiger partial charge in [-0.3, -0.25) is 0 Å². The van der Waals surface area contributed by atoms with Gasteiger partial charge in [-0.25, -0.2) is 32.6 Å². The van der Waals surface area contributed by atoms with Crippen molar-refractivity contribution in [1.29, 1.82) is 0 Å². The maximum atomic E-state index is 13.4. The predicted octanol–water partition coefficient (Wildman–Crippen LogP) is 1.76. The van der Waals surface area contributed by atoms with Gasteiger partial charge in [-0.15, -0.1) is 0 Å². The van der Waals surface area contributed by atoms with Gasteiger partial charge in [0.05, 0.1) is 0 Å². The number of hydrazine groups is 1. The third-order valence-corrected chi connectivity index (χ3v) is 3.03. The Morgan fingerprint density at radius 1 is 0.966 bits per heavy atom. The first-order valence-corrected chi connectivity index (χ1v) is 7.77. The molecule has 158 valence electrons. The molecule has 0 spiro atoms. The number of hydrogen-bond donors (Lipinski definition) is 5. The third kappa shape index (κ3) is 8.02. The zero-order valence-electron chi connectivity index (χ0n) is 14.5. The fourth-order valence-electron chi connectivity index (χ4n) is 1.71. The van der Waals surface area contributed by atoms with Crippen LogP contribution in [0, 0.1) is 23.3 Å². The molecule has 0 heterocycles. The van der Waals surface area contributed by atoms with Crippen LogP contribution in [0.25, 0.3) is 0 Å². The lowest BCUT2D eigenvalue weighted by atomic mass is 10.2. The number of aliphatic hydroxyl groups is 1. The topological polar surface area (TPSA) is 128 Å². The Morgan fingerprint density at radius 2 is 1.48 bits per heavy atom. The van der Waals surface area contributed by atoms with E-state index in [1.165, 1.54) is 0 Å². The molecule has 0 aliphatic heterocycles. The molecule has 0 aliphatic rings. The third-order valence-electron chi connectivity index (χ3n) is 3.03. The van der Waals surface area contributed by atoms with Crippen molar-refractivity contribution in [3.8, 4) is 5.75 Å². The highest BCUT2D eigenvalue weighted by molar-refractivity contribution is 6.27. The van der Waals surface area contributed by atoms with E-state index in [4.69, 9.17) is 24.5 Å². The summed E-state index contributed by atoms with van der Waals surface area (Å²) < 4.78 is 58.0. The Kier molecular flexibility index (Phi) is 9.35. The Labute approximate surface area is 161 Å². The van der Waals surface area contributed by atoms with Crippen LogP contribution in [-0.4, -0.2) is 46.5 Å². The second kappa shape index (κ2) is 11.5. The van der Waals surface area contributed by atoms with Crippen LogP contribution < -0.4 is 15.6 Å². The average Bonchev–Trinajstić information content (AvgIpc) is 2.68. The number of halogens is 4. The zero-order valence-corrected chi connectivity index (χ0v) is 14.5. The van der Waals surface area contributed by atoms with E-state index < -0.39 is 47.0 Å². The number of anilines is 1. The summed E-state index contributed by atoms with van der Waals surface area (Å²) in [7, 11) is 0. The monoisotopic (exact) mass is 420 g/mol. The normalized spacial score (nSPS) is 11.1. The highest BCUT2D eigenvalue weighted by Crippen LogP contribution is 2.23. The SMILES string of the molecule is O=C(O)C(=O)O.OC(CNNc1c(F)c(F)cc(F)c1F)COc1ccccc1. The zero-order chi connectivity index (χ0) is 22.0. The number of nitrogens with one attached hydrogen (secondary N) is 2. The lowest BCUT2D eigenvalue weighted by molar-refractivity contribution is -0.159. The molecule has 0 amide bonds. The molecule has 29 heavy (non-hydrogen) atoms. The quantitative estimate of drug-likeness (QED) is 0.198. The molecule has 12 heteroatoms. The van der Waals surface area contributed by atoms with Gasteiger partial charge in [-0.1, -0.05) is 18.2 Å². The van der Waals surface area contributed by atoms with Crippen molar-refractivity contribution in [3.63, 3.8) is 0 Å². The van der Waals surface area contributed by atoms with E-state index in [2.05, 4.69) is 5.43 Å². The number of benzene rings is 2. The first kappa shape index (κ1) is 23.7. The standard InChI is InChI=1S/C15H14F4N2O2.C2H2O4/c16-11-6-12(17)14(19)15(13(11)18)21-20-7-9(22)8-23-10-4-2-1-3-5-10;3-1(4)2(5)6/h1-6,9,20-22H,7-8H2;(H,3,4)(H,5,6). The summed E-state index contributed by atoms with van der Waals surface area (Å²) in [4.78, 5) is 18.2. The van der Waals surface area contributed by atoms with Gasteiger partial charge >= 0.3 is 11.9 Å². The molecule has 0 bridgehead atoms. The molecule has 0 aromatic heterocycles. The van der Waals surface area contributed by atoms with Crippen LogP contribution in [0.5, 0.6) is 5.75 Å². The average molecular weight is 420 g/mol. The van der Waals surface area contributed by atoms with Crippen LogP contribution in [0.1, 0.15) is 0 Å². The molecule has 5 N–H and O–H groups in total. The van der Waals surface area contributed by atoms with Gasteiger partial charge in [0.15, 0.2) is 23.3 Å². The molecule has 0 saturated carbocycles. The van der Waals surface area contributed by atoms with Crippen LogP contribution in [0.15, 0.2) is 36.4 Å². The van der Waals surface area contributed by atoms with Gasteiger partial charge < -0.3 is 25.5 Å². The van der Waals surface area contributed by atoms with Gasteiger partial charge in [-0.05, 0) is 12.1 Å². The summed E-state index contributed by atoms with van der Waals surface area (Å²) >= 11 is 0. The second-order valence-electron chi connectivity index (χ2n) is 5.24. The maximum absolute atomic E-state index is 13.4. The molecule has 0 saturated heterocycles. The Morgan fingerprint density at radius 3 is 1.97 bits per heavy atom. The second-order valence-corrected chi connectivity index (χ2v) is 5.24. The number of para-hydroxylation sites is 1. The number of carbonyl (C=O) groups is 2. The molecule has 0 fully saturated rings. The van der Waals surface area contributed by atoms with E-state index in [1.807, 2.05) is 5.43 Å². The van der Waals surface area contributed by atoms with Crippen molar-refractivity contribution in [2.45, 2.75) is 6.10 Å². The minimum Gasteiger partial charge on any atom is -0.491 e. The van der Waals surface area contributed by atoms with Crippen molar-refractivity contribution in [3.05, 3.63) is 59.7 Å². The van der Waals surface area contributed by atoms with Crippen molar-refractivity contribution >= 4 is 17.6 Å². The van der Waals surface area contributed by atoms with Gasteiger partial charge in [0.1, 0.15) is 24.1 Å². The fourth-order valence-corrected chi connectivity index (χ4v) is 1.71. The largest absolute Gasteiger partial charge is 0.491 e. The van der Waals surface area contributed by atoms with E-state index in [1.54, 1.807) is 30.3 Å². The van der Waals surface area contributed by atoms with E-state index in [-0.39, 0.29) is 19.2 Å². The number of aliphatic hydroxyl groups excluding tert-OH is 1. The molecule has 0 aliphatic carbocycles. The molecular weight excluding hydrogens is 404 g/mol. The minimum atomic E-state index is -1.82. The van der Waals surface area contributed by atoms with Crippen LogP contribution in [0.3, 0.4) is 0 Å². The lowest BCUT2D eigenvalue weighted by Crippen LogP contribution is -2.35. The Balaban J connectivity index is 0.000000612. The summed E-state index contributed by atoms with van der Waals surface area (Å²) in [6.45, 7) is -0.259. The molecule has 8 nitrogen and oxygen atoms in total. The number of carboxylic acid groups (broad SMARTS) is 2. The van der Waals surface area contributed by atoms with Crippen molar-refractivity contribution in [2.75, 3.05) is 18.6 Å². The van der Waals surface area contributed by atoms with Crippen LogP contribution >= 0.6 is 0 Å². The Hall–Kier alpha value is -3.38. The number of ether oxygens (including phenoxy) is 1. The van der Waals surface area contributed by atoms with Crippen LogP contribution in [-0.2, 0) is 9.59 Å². The van der Waals surface area contributed by atoms with Crippen molar-refractivity contribution < 1.29 is 47.2 Å². The van der Waals surface area contributed by atoms with E-state index in [0.717, 1.165) is 0 Å². The number of carboxylic acids is 2.